The van der Waals surface area contributed by atoms with E-state index in [4.69, 9.17) is 0 Å². The third-order valence-corrected chi connectivity index (χ3v) is 4.73. The molecule has 25 heavy (non-hydrogen) atoms. The van der Waals surface area contributed by atoms with E-state index in [-0.39, 0.29) is 36.4 Å². The Kier molecular flexibility index (Phi) is 7.53. The average Bonchev–Trinajstić information content (AvgIpc) is 3.29. The van der Waals surface area contributed by atoms with Crippen molar-refractivity contribution in [3.63, 3.8) is 0 Å². The van der Waals surface area contributed by atoms with Gasteiger partial charge in [-0.3, -0.25) is 4.79 Å². The lowest BCUT2D eigenvalue weighted by molar-refractivity contribution is -0.127. The van der Waals surface area contributed by atoms with E-state index in [2.05, 4.69) is 45.5 Å². The molecule has 0 bridgehead atoms. The van der Waals surface area contributed by atoms with Crippen LogP contribution in [0.15, 0.2) is 35.3 Å². The second-order valence-corrected chi connectivity index (χ2v) is 7.14. The first-order chi connectivity index (χ1) is 11.6. The van der Waals surface area contributed by atoms with E-state index in [1.54, 1.807) is 19.0 Å². The fourth-order valence-electron chi connectivity index (χ4n) is 3.07. The van der Waals surface area contributed by atoms with Gasteiger partial charge in [0.05, 0.1) is 0 Å². The highest BCUT2D eigenvalue weighted by molar-refractivity contribution is 14.0. The molecule has 1 amide bonds. The minimum absolute atomic E-state index is 0. The minimum atomic E-state index is 0. The standard InChI is InChI=1S/C19H28N4O.HI/c1-22(2)18(24)13-20-19(21-17-8-9-17)23-11-10-16(14-23)12-15-6-4-3-5-7-15;/h3-7,16-17H,8-14H2,1-2H3,(H,20,21);1H. The van der Waals surface area contributed by atoms with Gasteiger partial charge in [0.25, 0.3) is 0 Å². The van der Waals surface area contributed by atoms with Gasteiger partial charge in [-0.05, 0) is 37.2 Å². The van der Waals surface area contributed by atoms with Crippen LogP contribution in [-0.2, 0) is 11.2 Å². The molecule has 1 saturated carbocycles. The third-order valence-electron chi connectivity index (χ3n) is 4.73. The van der Waals surface area contributed by atoms with E-state index in [1.807, 2.05) is 0 Å². The van der Waals surface area contributed by atoms with Crippen molar-refractivity contribution in [2.75, 3.05) is 33.7 Å². The summed E-state index contributed by atoms with van der Waals surface area (Å²) in [5.41, 5.74) is 1.40. The van der Waals surface area contributed by atoms with Gasteiger partial charge in [-0.15, -0.1) is 24.0 Å². The molecule has 1 saturated heterocycles. The Morgan fingerprint density at radius 1 is 1.24 bits per heavy atom. The lowest BCUT2D eigenvalue weighted by Gasteiger charge is -2.22. The van der Waals surface area contributed by atoms with Crippen molar-refractivity contribution in [3.05, 3.63) is 35.9 Å². The van der Waals surface area contributed by atoms with Crippen LogP contribution in [0.2, 0.25) is 0 Å². The summed E-state index contributed by atoms with van der Waals surface area (Å²) in [6, 6.07) is 11.2. The Morgan fingerprint density at radius 3 is 2.60 bits per heavy atom. The number of nitrogens with one attached hydrogen (secondary N) is 1. The topological polar surface area (TPSA) is 47.9 Å². The molecule has 1 atom stereocenters. The largest absolute Gasteiger partial charge is 0.353 e. The van der Waals surface area contributed by atoms with Crippen molar-refractivity contribution in [1.29, 1.82) is 0 Å². The predicted octanol–water partition coefficient (Wildman–Crippen LogP) is 2.37. The van der Waals surface area contributed by atoms with Crippen LogP contribution in [0, 0.1) is 5.92 Å². The highest BCUT2D eigenvalue weighted by Crippen LogP contribution is 2.23. The van der Waals surface area contributed by atoms with E-state index in [9.17, 15) is 4.79 Å². The molecule has 2 fully saturated rings. The number of likely N-dealkylation sites (tertiary alicyclic amines) is 1. The zero-order valence-corrected chi connectivity index (χ0v) is 17.5. The number of carbonyl (C=O) groups is 1. The summed E-state index contributed by atoms with van der Waals surface area (Å²) in [4.78, 5) is 20.4. The third kappa shape index (κ3) is 6.17. The van der Waals surface area contributed by atoms with Gasteiger partial charge in [0.1, 0.15) is 6.54 Å². The molecule has 6 heteroatoms. The number of aliphatic imine (C=N–C) groups is 1. The van der Waals surface area contributed by atoms with E-state index in [0.717, 1.165) is 25.5 Å². The maximum Gasteiger partial charge on any atom is 0.243 e. The lowest BCUT2D eigenvalue weighted by Crippen LogP contribution is -2.42. The van der Waals surface area contributed by atoms with E-state index in [0.29, 0.717) is 12.0 Å². The number of nitrogens with zero attached hydrogens (tertiary/aromatic N) is 3. The molecule has 5 nitrogen and oxygen atoms in total. The van der Waals surface area contributed by atoms with E-state index >= 15 is 0 Å². The van der Waals surface area contributed by atoms with Gasteiger partial charge in [0.15, 0.2) is 5.96 Å². The van der Waals surface area contributed by atoms with Crippen LogP contribution in [0.25, 0.3) is 0 Å². The smallest absolute Gasteiger partial charge is 0.243 e. The van der Waals surface area contributed by atoms with Crippen molar-refractivity contribution in [3.8, 4) is 0 Å². The van der Waals surface area contributed by atoms with Crippen molar-refractivity contribution in [2.45, 2.75) is 31.7 Å². The Morgan fingerprint density at radius 2 is 1.96 bits per heavy atom. The quantitative estimate of drug-likeness (QED) is 0.421. The van der Waals surface area contributed by atoms with Crippen molar-refractivity contribution in [1.82, 2.24) is 15.1 Å². The summed E-state index contributed by atoms with van der Waals surface area (Å²) in [6.07, 6.45) is 4.72. The van der Waals surface area contributed by atoms with Gasteiger partial charge >= 0.3 is 0 Å². The van der Waals surface area contributed by atoms with Crippen LogP contribution in [0.5, 0.6) is 0 Å². The average molecular weight is 456 g/mol. The van der Waals surface area contributed by atoms with Crippen LogP contribution >= 0.6 is 24.0 Å². The maximum absolute atomic E-state index is 11.8. The zero-order valence-electron chi connectivity index (χ0n) is 15.1. The van der Waals surface area contributed by atoms with Gasteiger partial charge in [-0.1, -0.05) is 30.3 Å². The predicted molar refractivity (Wildman–Crippen MR) is 112 cm³/mol. The summed E-state index contributed by atoms with van der Waals surface area (Å²) < 4.78 is 0. The number of guanidine groups is 1. The first-order valence-corrected chi connectivity index (χ1v) is 8.92. The fraction of sp³-hybridized carbons (Fsp3) is 0.579. The highest BCUT2D eigenvalue weighted by Gasteiger charge is 2.29. The van der Waals surface area contributed by atoms with Crippen LogP contribution in [-0.4, -0.2) is 61.4 Å². The number of hydrogen-bond acceptors (Lipinski definition) is 2. The number of benzene rings is 1. The zero-order chi connectivity index (χ0) is 16.9. The lowest BCUT2D eigenvalue weighted by atomic mass is 9.99. The van der Waals surface area contributed by atoms with Crippen molar-refractivity contribution < 1.29 is 4.79 Å². The summed E-state index contributed by atoms with van der Waals surface area (Å²) in [5, 5.41) is 3.52. The second kappa shape index (κ2) is 9.40. The number of hydrogen-bond donors (Lipinski definition) is 1. The summed E-state index contributed by atoms with van der Waals surface area (Å²) >= 11 is 0. The van der Waals surface area contributed by atoms with Gasteiger partial charge in [0, 0.05) is 33.2 Å². The molecule has 1 aliphatic carbocycles. The Bertz CT molecular complexity index is 586. The first kappa shape index (κ1) is 20.0. The molecule has 0 radical (unpaired) electrons. The minimum Gasteiger partial charge on any atom is -0.353 e. The van der Waals surface area contributed by atoms with Crippen LogP contribution in [0.4, 0.5) is 0 Å². The molecule has 1 N–H and O–H groups in total. The van der Waals surface area contributed by atoms with Crippen LogP contribution in [0.3, 0.4) is 0 Å². The molecule has 3 rings (SSSR count). The van der Waals surface area contributed by atoms with Gasteiger partial charge in [0.2, 0.25) is 5.91 Å². The van der Waals surface area contributed by atoms with Crippen molar-refractivity contribution in [2.24, 2.45) is 10.9 Å². The molecule has 2 aliphatic rings. The molecule has 0 aromatic heterocycles. The number of amides is 1. The molecule has 138 valence electrons. The normalized spacial score (nSPS) is 20.2. The Balaban J connectivity index is 0.00000225. The Labute approximate surface area is 167 Å². The summed E-state index contributed by atoms with van der Waals surface area (Å²) in [6.45, 7) is 2.26. The van der Waals surface area contributed by atoms with Gasteiger partial charge in [-0.25, -0.2) is 4.99 Å². The van der Waals surface area contributed by atoms with Crippen LogP contribution in [0.1, 0.15) is 24.8 Å². The molecule has 1 aromatic carbocycles. The second-order valence-electron chi connectivity index (χ2n) is 7.14. The summed E-state index contributed by atoms with van der Waals surface area (Å²) in [7, 11) is 3.55. The molecule has 0 spiro atoms. The van der Waals surface area contributed by atoms with E-state index < -0.39 is 0 Å². The number of halogens is 1. The number of carbonyl (C=O) groups excluding carboxylic acids is 1. The summed E-state index contributed by atoms with van der Waals surface area (Å²) in [5.74, 6) is 1.62. The van der Waals surface area contributed by atoms with E-state index in [1.165, 1.54) is 24.8 Å². The molecule has 1 aromatic rings. The van der Waals surface area contributed by atoms with Crippen LogP contribution < -0.4 is 5.32 Å². The van der Waals surface area contributed by atoms with Gasteiger partial charge in [-0.2, -0.15) is 0 Å². The fourth-order valence-corrected chi connectivity index (χ4v) is 3.07. The Hall–Kier alpha value is -1.31. The van der Waals surface area contributed by atoms with Gasteiger partial charge < -0.3 is 15.1 Å². The molecule has 1 heterocycles. The van der Waals surface area contributed by atoms with Crippen molar-refractivity contribution >= 4 is 35.8 Å². The molecule has 1 aliphatic heterocycles. The molecular weight excluding hydrogens is 427 g/mol. The number of rotatable bonds is 5. The first-order valence-electron chi connectivity index (χ1n) is 8.92. The molecular formula is C19H29IN4O. The maximum atomic E-state index is 11.8. The monoisotopic (exact) mass is 456 g/mol. The number of likely N-dealkylation sites (N-methyl/N-ethyl adjacent to an activating group) is 1. The molecule has 1 unspecified atom stereocenters. The highest BCUT2D eigenvalue weighted by atomic mass is 127. The SMILES string of the molecule is CN(C)C(=O)CN=C(NC1CC1)N1CCC(Cc2ccccc2)C1.I.